The van der Waals surface area contributed by atoms with E-state index >= 15 is 0 Å². The van der Waals surface area contributed by atoms with Crippen molar-refractivity contribution in [2.75, 3.05) is 6.54 Å². The summed E-state index contributed by atoms with van der Waals surface area (Å²) in [7, 11) is 0. The van der Waals surface area contributed by atoms with Gasteiger partial charge >= 0.3 is 0 Å². The van der Waals surface area contributed by atoms with Gasteiger partial charge in [0.25, 0.3) is 0 Å². The van der Waals surface area contributed by atoms with Crippen molar-refractivity contribution in [3.8, 4) is 6.07 Å². The van der Waals surface area contributed by atoms with Crippen molar-refractivity contribution >= 4 is 5.91 Å². The maximum Gasteiger partial charge on any atom is 0.220 e. The van der Waals surface area contributed by atoms with Gasteiger partial charge < -0.3 is 5.32 Å². The van der Waals surface area contributed by atoms with E-state index in [1.165, 1.54) is 0 Å². The largest absolute Gasteiger partial charge is 0.356 e. The number of hydrogen-bond donors (Lipinski definition) is 1. The molecule has 0 aliphatic rings. The lowest BCUT2D eigenvalue weighted by molar-refractivity contribution is -0.121. The summed E-state index contributed by atoms with van der Waals surface area (Å²) in [5, 5.41) is 12.0. The number of nitrogens with one attached hydrogen (secondary N) is 1. The second-order valence-corrected chi connectivity index (χ2v) is 4.83. The summed E-state index contributed by atoms with van der Waals surface area (Å²) in [6, 6.07) is 11.9. The Bertz CT molecular complexity index is 406. The van der Waals surface area contributed by atoms with Crippen LogP contribution in [0.5, 0.6) is 0 Å². The predicted octanol–water partition coefficient (Wildman–Crippen LogP) is 2.85. The maximum atomic E-state index is 11.6. The molecule has 0 heterocycles. The molecule has 0 saturated heterocycles. The van der Waals surface area contributed by atoms with Crippen LogP contribution in [0.3, 0.4) is 0 Å². The fraction of sp³-hybridized carbons (Fsp3) is 0.467. The number of carbonyl (C=O) groups is 1. The Morgan fingerprint density at radius 3 is 2.56 bits per heavy atom. The van der Waals surface area contributed by atoms with Gasteiger partial charge in [-0.15, -0.1) is 0 Å². The van der Waals surface area contributed by atoms with E-state index in [1.807, 2.05) is 30.3 Å². The molecule has 0 saturated carbocycles. The SMILES string of the molecule is CC(C)CNC(=O)CCC(C#N)c1ccccc1. The first-order chi connectivity index (χ1) is 8.63. The van der Waals surface area contributed by atoms with Crippen molar-refractivity contribution in [2.45, 2.75) is 32.6 Å². The normalized spacial score (nSPS) is 11.9. The van der Waals surface area contributed by atoms with Crippen LogP contribution in [0.4, 0.5) is 0 Å². The molecule has 3 heteroatoms. The fourth-order valence-electron chi connectivity index (χ4n) is 1.67. The zero-order chi connectivity index (χ0) is 13.4. The van der Waals surface area contributed by atoms with Gasteiger partial charge in [0.2, 0.25) is 5.91 Å². The van der Waals surface area contributed by atoms with Gasteiger partial charge in [-0.3, -0.25) is 4.79 Å². The van der Waals surface area contributed by atoms with Crippen LogP contribution in [0, 0.1) is 17.2 Å². The minimum atomic E-state index is -0.198. The third-order valence-corrected chi connectivity index (χ3v) is 2.73. The van der Waals surface area contributed by atoms with Crippen molar-refractivity contribution in [1.82, 2.24) is 5.32 Å². The molecule has 1 rings (SSSR count). The molecule has 1 N–H and O–H groups in total. The Kier molecular flexibility index (Phi) is 5.93. The summed E-state index contributed by atoms with van der Waals surface area (Å²) in [6.45, 7) is 4.81. The number of hydrogen-bond acceptors (Lipinski definition) is 2. The van der Waals surface area contributed by atoms with E-state index in [-0.39, 0.29) is 11.8 Å². The monoisotopic (exact) mass is 244 g/mol. The highest BCUT2D eigenvalue weighted by Crippen LogP contribution is 2.19. The molecule has 1 unspecified atom stereocenters. The second kappa shape index (κ2) is 7.50. The van der Waals surface area contributed by atoms with E-state index in [0.717, 1.165) is 5.56 Å². The van der Waals surface area contributed by atoms with Gasteiger partial charge in [-0.2, -0.15) is 5.26 Å². The highest BCUT2D eigenvalue weighted by molar-refractivity contribution is 5.75. The Balaban J connectivity index is 2.42. The third kappa shape index (κ3) is 5.01. The van der Waals surface area contributed by atoms with Gasteiger partial charge in [0.15, 0.2) is 0 Å². The number of nitriles is 1. The summed E-state index contributed by atoms with van der Waals surface area (Å²) in [6.07, 6.45) is 0.976. The van der Waals surface area contributed by atoms with Crippen molar-refractivity contribution in [2.24, 2.45) is 5.92 Å². The molecule has 96 valence electrons. The molecular weight excluding hydrogens is 224 g/mol. The highest BCUT2D eigenvalue weighted by Gasteiger charge is 2.12. The summed E-state index contributed by atoms with van der Waals surface area (Å²) < 4.78 is 0. The van der Waals surface area contributed by atoms with Crippen LogP contribution in [0.15, 0.2) is 30.3 Å². The maximum absolute atomic E-state index is 11.6. The van der Waals surface area contributed by atoms with Gasteiger partial charge in [-0.1, -0.05) is 44.2 Å². The van der Waals surface area contributed by atoms with Crippen LogP contribution < -0.4 is 5.32 Å². The molecular formula is C15H20N2O. The van der Waals surface area contributed by atoms with Crippen LogP contribution in [-0.4, -0.2) is 12.5 Å². The average molecular weight is 244 g/mol. The first-order valence-corrected chi connectivity index (χ1v) is 6.34. The van der Waals surface area contributed by atoms with Gasteiger partial charge in [0.05, 0.1) is 12.0 Å². The van der Waals surface area contributed by atoms with E-state index in [2.05, 4.69) is 25.2 Å². The van der Waals surface area contributed by atoms with Crippen LogP contribution in [-0.2, 0) is 4.79 Å². The Hall–Kier alpha value is -1.82. The molecule has 0 spiro atoms. The van der Waals surface area contributed by atoms with E-state index in [0.29, 0.717) is 25.3 Å². The molecule has 1 aromatic rings. The number of benzene rings is 1. The van der Waals surface area contributed by atoms with Gasteiger partial charge in [0, 0.05) is 13.0 Å². The number of amides is 1. The number of nitrogens with zero attached hydrogens (tertiary/aromatic N) is 1. The molecule has 18 heavy (non-hydrogen) atoms. The molecule has 0 bridgehead atoms. The van der Waals surface area contributed by atoms with Crippen molar-refractivity contribution < 1.29 is 4.79 Å². The smallest absolute Gasteiger partial charge is 0.220 e. The molecule has 1 amide bonds. The quantitative estimate of drug-likeness (QED) is 0.836. The molecule has 0 aliphatic heterocycles. The first kappa shape index (κ1) is 14.2. The van der Waals surface area contributed by atoms with Gasteiger partial charge in [-0.05, 0) is 17.9 Å². The molecule has 0 aromatic heterocycles. The topological polar surface area (TPSA) is 52.9 Å². The highest BCUT2D eigenvalue weighted by atomic mass is 16.1. The fourth-order valence-corrected chi connectivity index (χ4v) is 1.67. The lowest BCUT2D eigenvalue weighted by Gasteiger charge is -2.10. The summed E-state index contributed by atoms with van der Waals surface area (Å²) in [4.78, 5) is 11.6. The Morgan fingerprint density at radius 2 is 2.00 bits per heavy atom. The standard InChI is InChI=1S/C15H20N2O/c1-12(2)11-17-15(18)9-8-14(10-16)13-6-4-3-5-7-13/h3-7,12,14H,8-9,11H2,1-2H3,(H,17,18). The van der Waals surface area contributed by atoms with E-state index in [9.17, 15) is 4.79 Å². The van der Waals surface area contributed by atoms with E-state index in [4.69, 9.17) is 5.26 Å². The van der Waals surface area contributed by atoms with E-state index < -0.39 is 0 Å². The van der Waals surface area contributed by atoms with Crippen LogP contribution in [0.25, 0.3) is 0 Å². The Morgan fingerprint density at radius 1 is 1.33 bits per heavy atom. The molecule has 0 aliphatic carbocycles. The van der Waals surface area contributed by atoms with Crippen molar-refractivity contribution in [3.63, 3.8) is 0 Å². The third-order valence-electron chi connectivity index (χ3n) is 2.73. The average Bonchev–Trinajstić information content (AvgIpc) is 2.38. The Labute approximate surface area is 109 Å². The van der Waals surface area contributed by atoms with Crippen LogP contribution in [0.2, 0.25) is 0 Å². The van der Waals surface area contributed by atoms with E-state index in [1.54, 1.807) is 0 Å². The minimum Gasteiger partial charge on any atom is -0.356 e. The first-order valence-electron chi connectivity index (χ1n) is 6.34. The summed E-state index contributed by atoms with van der Waals surface area (Å²) in [5.41, 5.74) is 0.983. The molecule has 1 atom stereocenters. The molecule has 3 nitrogen and oxygen atoms in total. The number of carbonyl (C=O) groups excluding carboxylic acids is 1. The predicted molar refractivity (Wildman–Crippen MR) is 71.9 cm³/mol. The molecule has 0 radical (unpaired) electrons. The van der Waals surface area contributed by atoms with Gasteiger partial charge in [-0.25, -0.2) is 0 Å². The number of rotatable bonds is 6. The lowest BCUT2D eigenvalue weighted by atomic mass is 9.95. The summed E-state index contributed by atoms with van der Waals surface area (Å²) in [5.74, 6) is 0.283. The van der Waals surface area contributed by atoms with Crippen LogP contribution >= 0.6 is 0 Å². The molecule has 0 fully saturated rings. The van der Waals surface area contributed by atoms with Crippen LogP contribution in [0.1, 0.15) is 38.2 Å². The zero-order valence-electron chi connectivity index (χ0n) is 11.0. The van der Waals surface area contributed by atoms with Crippen molar-refractivity contribution in [1.29, 1.82) is 5.26 Å². The molecule has 1 aromatic carbocycles. The summed E-state index contributed by atoms with van der Waals surface area (Å²) >= 11 is 0. The minimum absolute atomic E-state index is 0.0277. The zero-order valence-corrected chi connectivity index (χ0v) is 11.0. The van der Waals surface area contributed by atoms with Crippen molar-refractivity contribution in [3.05, 3.63) is 35.9 Å². The lowest BCUT2D eigenvalue weighted by Crippen LogP contribution is -2.27. The second-order valence-electron chi connectivity index (χ2n) is 4.83. The van der Waals surface area contributed by atoms with Gasteiger partial charge in [0.1, 0.15) is 0 Å².